The first-order valence-electron chi connectivity index (χ1n) is 11.4. The van der Waals surface area contributed by atoms with Crippen molar-refractivity contribution in [3.63, 3.8) is 0 Å². The molecule has 1 atom stereocenters. The highest BCUT2D eigenvalue weighted by molar-refractivity contribution is 5.78. The lowest BCUT2D eigenvalue weighted by Gasteiger charge is -2.17. The van der Waals surface area contributed by atoms with Crippen molar-refractivity contribution < 1.29 is 14.7 Å². The predicted molar refractivity (Wildman–Crippen MR) is 136 cm³/mol. The maximum atomic E-state index is 11.5. The van der Waals surface area contributed by atoms with Crippen LogP contribution in [-0.2, 0) is 16.0 Å². The highest BCUT2D eigenvalue weighted by Crippen LogP contribution is 2.27. The van der Waals surface area contributed by atoms with Crippen LogP contribution in [0.4, 0.5) is 0 Å². The monoisotopic (exact) mass is 462 g/mol. The van der Waals surface area contributed by atoms with Crippen LogP contribution >= 0.6 is 0 Å². The van der Waals surface area contributed by atoms with Crippen molar-refractivity contribution >= 4 is 11.9 Å². The van der Waals surface area contributed by atoms with Crippen LogP contribution in [0.25, 0.3) is 11.1 Å². The molecule has 0 aliphatic carbocycles. The molecule has 0 saturated carbocycles. The second-order valence-electron chi connectivity index (χ2n) is 8.85. The normalized spacial score (nSPS) is 11.4. The van der Waals surface area contributed by atoms with E-state index in [9.17, 15) is 14.4 Å². The van der Waals surface area contributed by atoms with Crippen LogP contribution in [0.15, 0.2) is 71.7 Å². The molecule has 0 fully saturated rings. The second kappa shape index (κ2) is 12.5. The number of amides is 1. The molecule has 34 heavy (non-hydrogen) atoms. The van der Waals surface area contributed by atoms with Gasteiger partial charge in [-0.1, -0.05) is 62.4 Å². The second-order valence-corrected chi connectivity index (χ2v) is 8.85. The number of aromatic nitrogens is 1. The molecule has 0 aliphatic heterocycles. The average molecular weight is 463 g/mol. The quantitative estimate of drug-likeness (QED) is 0.496. The van der Waals surface area contributed by atoms with E-state index in [-0.39, 0.29) is 12.0 Å². The largest absolute Gasteiger partial charge is 0.481 e. The number of primary amides is 1. The third-order valence-corrected chi connectivity index (χ3v) is 5.53. The summed E-state index contributed by atoms with van der Waals surface area (Å²) >= 11 is 0. The summed E-state index contributed by atoms with van der Waals surface area (Å²) in [6.07, 6.45) is 2.93. The number of carboxylic acids is 1. The molecule has 3 rings (SSSR count). The first-order valence-corrected chi connectivity index (χ1v) is 11.4. The average Bonchev–Trinajstić information content (AvgIpc) is 2.77. The molecule has 0 bridgehead atoms. The lowest BCUT2D eigenvalue weighted by molar-refractivity contribution is -0.137. The fraction of sp³-hybridized carbons (Fsp3) is 0.321. The summed E-state index contributed by atoms with van der Waals surface area (Å²) in [5.74, 6) is -0.899. The summed E-state index contributed by atoms with van der Waals surface area (Å²) in [6, 6.07) is 18.7. The van der Waals surface area contributed by atoms with Crippen molar-refractivity contribution in [1.29, 1.82) is 0 Å². The van der Waals surface area contributed by atoms with Gasteiger partial charge >= 0.3 is 5.97 Å². The molecule has 1 unspecified atom stereocenters. The van der Waals surface area contributed by atoms with E-state index in [1.165, 1.54) is 32.9 Å². The van der Waals surface area contributed by atoms with Crippen molar-refractivity contribution in [1.82, 2.24) is 4.57 Å². The summed E-state index contributed by atoms with van der Waals surface area (Å²) < 4.78 is 1.39. The summed E-state index contributed by atoms with van der Waals surface area (Å²) in [5.41, 5.74) is 11.1. The van der Waals surface area contributed by atoms with E-state index in [1.54, 1.807) is 18.3 Å². The van der Waals surface area contributed by atoms with E-state index >= 15 is 0 Å². The molecule has 3 N–H and O–H groups in total. The zero-order valence-electron chi connectivity index (χ0n) is 20.3. The number of nitrogens with two attached hydrogens (primary N) is 1. The van der Waals surface area contributed by atoms with Gasteiger partial charge in [0, 0.05) is 18.7 Å². The Morgan fingerprint density at radius 3 is 2.18 bits per heavy atom. The van der Waals surface area contributed by atoms with Crippen molar-refractivity contribution in [3.8, 4) is 11.1 Å². The molecule has 6 nitrogen and oxygen atoms in total. The van der Waals surface area contributed by atoms with Gasteiger partial charge in [-0.3, -0.25) is 14.4 Å². The minimum Gasteiger partial charge on any atom is -0.481 e. The highest BCUT2D eigenvalue weighted by Gasteiger charge is 2.19. The SMILES string of the molecule is CC(C)CC(C(N)=O)n1ccccc1=O.Cc1cccc(C)c1-c1cccc(CCC(=O)O)c1. The van der Waals surface area contributed by atoms with Crippen LogP contribution < -0.4 is 11.3 Å². The van der Waals surface area contributed by atoms with Gasteiger partial charge in [0.2, 0.25) is 5.91 Å². The van der Waals surface area contributed by atoms with E-state index in [1.807, 2.05) is 26.0 Å². The van der Waals surface area contributed by atoms with Gasteiger partial charge in [-0.25, -0.2) is 0 Å². The maximum absolute atomic E-state index is 11.5. The molecule has 2 aromatic carbocycles. The molecule has 0 aliphatic rings. The number of nitrogens with zero attached hydrogens (tertiary/aromatic N) is 1. The van der Waals surface area contributed by atoms with E-state index in [2.05, 4.69) is 44.2 Å². The van der Waals surface area contributed by atoms with Gasteiger partial charge in [-0.2, -0.15) is 0 Å². The predicted octanol–water partition coefficient (Wildman–Crippen LogP) is 4.91. The van der Waals surface area contributed by atoms with Gasteiger partial charge in [0.25, 0.3) is 5.56 Å². The zero-order valence-corrected chi connectivity index (χ0v) is 20.3. The standard InChI is InChI=1S/C17H18O2.C11H16N2O2/c1-12-5-3-6-13(2)17(12)15-8-4-7-14(11-15)9-10-16(18)19;1-8(2)7-9(11(12)15)13-6-4-3-5-10(13)14/h3-8,11H,9-10H2,1-2H3,(H,18,19);3-6,8-9H,7H2,1-2H3,(H2,12,15). The van der Waals surface area contributed by atoms with Crippen LogP contribution in [0.1, 0.15) is 49.4 Å². The number of hydrogen-bond donors (Lipinski definition) is 2. The lowest BCUT2D eigenvalue weighted by atomic mass is 9.94. The van der Waals surface area contributed by atoms with E-state index in [4.69, 9.17) is 10.8 Å². The number of carbonyl (C=O) groups excluding carboxylic acids is 1. The third kappa shape index (κ3) is 7.73. The van der Waals surface area contributed by atoms with Gasteiger partial charge in [0.1, 0.15) is 6.04 Å². The topological polar surface area (TPSA) is 102 Å². The summed E-state index contributed by atoms with van der Waals surface area (Å²) in [6.45, 7) is 8.19. The smallest absolute Gasteiger partial charge is 0.303 e. The van der Waals surface area contributed by atoms with E-state index in [0.29, 0.717) is 18.8 Å². The summed E-state index contributed by atoms with van der Waals surface area (Å²) in [5, 5.41) is 8.75. The molecule has 6 heteroatoms. The molecular formula is C28H34N2O4. The minimum absolute atomic E-state index is 0.177. The first kappa shape index (κ1) is 26.6. The Morgan fingerprint density at radius 1 is 0.971 bits per heavy atom. The van der Waals surface area contributed by atoms with E-state index < -0.39 is 17.9 Å². The Hall–Kier alpha value is -3.67. The van der Waals surface area contributed by atoms with Crippen LogP contribution in [0.2, 0.25) is 0 Å². The van der Waals surface area contributed by atoms with Crippen LogP contribution in [-0.4, -0.2) is 21.6 Å². The number of carboxylic acid groups (broad SMARTS) is 1. The molecule has 0 radical (unpaired) electrons. The fourth-order valence-corrected chi connectivity index (χ4v) is 3.91. The van der Waals surface area contributed by atoms with Crippen LogP contribution in [0.5, 0.6) is 0 Å². The minimum atomic E-state index is -0.752. The Balaban J connectivity index is 0.000000248. The maximum Gasteiger partial charge on any atom is 0.303 e. The van der Waals surface area contributed by atoms with Gasteiger partial charge in [0.05, 0.1) is 0 Å². The number of aliphatic carboxylic acids is 1. The lowest BCUT2D eigenvalue weighted by Crippen LogP contribution is -2.33. The van der Waals surface area contributed by atoms with Gasteiger partial charge in [-0.15, -0.1) is 0 Å². The Labute approximate surface area is 201 Å². The highest BCUT2D eigenvalue weighted by atomic mass is 16.4. The molecule has 1 amide bonds. The number of pyridine rings is 1. The Kier molecular flexibility index (Phi) is 9.80. The molecule has 1 heterocycles. The summed E-state index contributed by atoms with van der Waals surface area (Å²) in [4.78, 5) is 33.4. The van der Waals surface area contributed by atoms with Gasteiger partial charge < -0.3 is 15.4 Å². The third-order valence-electron chi connectivity index (χ3n) is 5.53. The van der Waals surface area contributed by atoms with Crippen molar-refractivity contribution in [2.45, 2.75) is 53.0 Å². The van der Waals surface area contributed by atoms with Gasteiger partial charge in [0.15, 0.2) is 0 Å². The fourth-order valence-electron chi connectivity index (χ4n) is 3.91. The molecule has 0 saturated heterocycles. The van der Waals surface area contributed by atoms with Gasteiger partial charge in [-0.05, 0) is 66.5 Å². The van der Waals surface area contributed by atoms with Crippen LogP contribution in [0.3, 0.4) is 0 Å². The molecule has 1 aromatic heterocycles. The number of rotatable bonds is 8. The number of hydrogen-bond acceptors (Lipinski definition) is 3. The van der Waals surface area contributed by atoms with Crippen molar-refractivity contribution in [3.05, 3.63) is 93.9 Å². The number of aryl methyl sites for hydroxylation is 3. The zero-order chi connectivity index (χ0) is 25.3. The molecule has 180 valence electrons. The first-order chi connectivity index (χ1) is 16.1. The molecule has 0 spiro atoms. The van der Waals surface area contributed by atoms with E-state index in [0.717, 1.165) is 5.56 Å². The Morgan fingerprint density at radius 2 is 1.62 bits per heavy atom. The van der Waals surface area contributed by atoms with Crippen LogP contribution in [0, 0.1) is 19.8 Å². The van der Waals surface area contributed by atoms with Crippen molar-refractivity contribution in [2.24, 2.45) is 11.7 Å². The molecule has 3 aromatic rings. The van der Waals surface area contributed by atoms with Crippen molar-refractivity contribution in [2.75, 3.05) is 0 Å². The Bertz CT molecular complexity index is 1160. The number of carbonyl (C=O) groups is 2. The number of benzene rings is 2. The molecular weight excluding hydrogens is 428 g/mol. The summed E-state index contributed by atoms with van der Waals surface area (Å²) in [7, 11) is 0.